The van der Waals surface area contributed by atoms with E-state index in [9.17, 15) is 14.2 Å². The van der Waals surface area contributed by atoms with E-state index < -0.39 is 24.8 Å². The molecule has 2 aromatic rings. The molecule has 2 aromatic carbocycles. The van der Waals surface area contributed by atoms with Gasteiger partial charge in [-0.2, -0.15) is 0 Å². The number of unbranched alkanes of at least 4 members (excludes halogenated alkanes) is 3. The number of ether oxygens (including phenoxy) is 2. The van der Waals surface area contributed by atoms with Crippen LogP contribution in [0, 0.1) is 0 Å². The molecule has 0 fully saturated rings. The van der Waals surface area contributed by atoms with E-state index >= 15 is 0 Å². The highest BCUT2D eigenvalue weighted by Crippen LogP contribution is 2.50. The van der Waals surface area contributed by atoms with E-state index in [4.69, 9.17) is 21.1 Å². The fourth-order valence-corrected chi connectivity index (χ4v) is 5.53. The highest BCUT2D eigenvalue weighted by molar-refractivity contribution is 7.88. The van der Waals surface area contributed by atoms with Crippen molar-refractivity contribution in [2.45, 2.75) is 32.6 Å². The van der Waals surface area contributed by atoms with Gasteiger partial charge in [0.05, 0.1) is 24.3 Å². The van der Waals surface area contributed by atoms with Gasteiger partial charge < -0.3 is 14.0 Å². The Morgan fingerprint density at radius 1 is 1.00 bits per heavy atom. The molecule has 2 rings (SSSR count). The van der Waals surface area contributed by atoms with Gasteiger partial charge in [-0.15, -0.1) is 0 Å². The number of carbonyl (C=O) groups excluding carboxylic acids is 2. The third kappa shape index (κ3) is 5.94. The van der Waals surface area contributed by atoms with Gasteiger partial charge in [-0.25, -0.2) is 0 Å². The molecule has 5 nitrogen and oxygen atoms in total. The Morgan fingerprint density at radius 2 is 1.72 bits per heavy atom. The van der Waals surface area contributed by atoms with Crippen LogP contribution >= 0.6 is 18.7 Å². The first-order valence-corrected chi connectivity index (χ1v) is 11.9. The number of halogens is 1. The Hall–Kier alpha value is -2.10. The first-order valence-electron chi connectivity index (χ1n) is 9.61. The van der Waals surface area contributed by atoms with Crippen molar-refractivity contribution >= 4 is 35.5 Å². The zero-order valence-corrected chi connectivity index (χ0v) is 18.4. The second-order valence-corrected chi connectivity index (χ2v) is 9.76. The molecule has 0 bridgehead atoms. The minimum Gasteiger partial charge on any atom is -0.496 e. The zero-order valence-electron chi connectivity index (χ0n) is 16.7. The predicted octanol–water partition coefficient (Wildman–Crippen LogP) is 5.30. The van der Waals surface area contributed by atoms with Crippen molar-refractivity contribution in [3.05, 3.63) is 59.1 Å². The Balaban J connectivity index is 2.32. The van der Waals surface area contributed by atoms with Crippen LogP contribution in [0.1, 0.15) is 43.0 Å². The molecule has 0 radical (unpaired) electrons. The summed E-state index contributed by atoms with van der Waals surface area (Å²) in [4.78, 5) is 25.8. The lowest BCUT2D eigenvalue weighted by Crippen LogP contribution is -2.22. The summed E-state index contributed by atoms with van der Waals surface area (Å²) in [6.45, 7) is 2.34. The molecule has 1 unspecified atom stereocenters. The molecule has 0 amide bonds. The molecule has 0 saturated heterocycles. The molecule has 0 aromatic heterocycles. The second kappa shape index (κ2) is 11.2. The lowest BCUT2D eigenvalue weighted by Gasteiger charge is -2.19. The smallest absolute Gasteiger partial charge is 0.314 e. The van der Waals surface area contributed by atoms with Crippen LogP contribution in [-0.4, -0.2) is 31.4 Å². The molecule has 7 heteroatoms. The molecule has 0 N–H and O–H groups in total. The van der Waals surface area contributed by atoms with Gasteiger partial charge in [0.25, 0.3) is 0 Å². The van der Waals surface area contributed by atoms with E-state index in [1.807, 2.05) is 0 Å². The van der Waals surface area contributed by atoms with Crippen molar-refractivity contribution in [1.29, 1.82) is 0 Å². The van der Waals surface area contributed by atoms with Crippen LogP contribution in [0.25, 0.3) is 0 Å². The summed E-state index contributed by atoms with van der Waals surface area (Å²) in [5.74, 6) is -0.445. The maximum absolute atomic E-state index is 13.9. The van der Waals surface area contributed by atoms with Crippen LogP contribution < -0.4 is 10.0 Å². The predicted molar refractivity (Wildman–Crippen MR) is 116 cm³/mol. The summed E-state index contributed by atoms with van der Waals surface area (Å²) >= 11 is 6.23. The number of esters is 1. The summed E-state index contributed by atoms with van der Waals surface area (Å²) in [6, 6.07) is 13.0. The molecule has 0 aliphatic carbocycles. The van der Waals surface area contributed by atoms with Gasteiger partial charge in [-0.1, -0.05) is 74.2 Å². The number of hydrogen-bond donors (Lipinski definition) is 0. The van der Waals surface area contributed by atoms with Gasteiger partial charge in [-0.3, -0.25) is 9.59 Å². The van der Waals surface area contributed by atoms with E-state index in [0.29, 0.717) is 0 Å². The third-order valence-corrected chi connectivity index (χ3v) is 7.55. The van der Waals surface area contributed by atoms with Gasteiger partial charge in [0.1, 0.15) is 11.9 Å². The Morgan fingerprint density at radius 3 is 2.38 bits per heavy atom. The van der Waals surface area contributed by atoms with Crippen LogP contribution in [0.15, 0.2) is 48.5 Å². The average molecular weight is 437 g/mol. The molecule has 0 aliphatic heterocycles. The zero-order chi connectivity index (χ0) is 21.3. The molecule has 29 heavy (non-hydrogen) atoms. The SMILES string of the molecule is CCCCCCOC(=O)CP(=O)(C(=O)c1c(Cl)cccc1OC)c1ccccc1. The third-order valence-electron chi connectivity index (χ3n) is 4.52. The summed E-state index contributed by atoms with van der Waals surface area (Å²) in [6.07, 6.45) is 3.31. The molecule has 0 saturated carbocycles. The Labute approximate surface area is 176 Å². The van der Waals surface area contributed by atoms with Crippen LogP contribution in [0.3, 0.4) is 0 Å². The highest BCUT2D eigenvalue weighted by Gasteiger charge is 2.39. The van der Waals surface area contributed by atoms with Crippen LogP contribution in [0.4, 0.5) is 0 Å². The van der Waals surface area contributed by atoms with Gasteiger partial charge in [0.2, 0.25) is 5.52 Å². The van der Waals surface area contributed by atoms with Crippen molar-refractivity contribution in [3.63, 3.8) is 0 Å². The maximum Gasteiger partial charge on any atom is 0.314 e. The first kappa shape index (κ1) is 23.2. The second-order valence-electron chi connectivity index (χ2n) is 6.64. The normalized spacial score (nSPS) is 12.8. The molecule has 0 spiro atoms. The highest BCUT2D eigenvalue weighted by atomic mass is 35.5. The molecule has 1 atom stereocenters. The number of methoxy groups -OCH3 is 1. The molecular weight excluding hydrogens is 411 g/mol. The topological polar surface area (TPSA) is 69.7 Å². The summed E-state index contributed by atoms with van der Waals surface area (Å²) < 4.78 is 24.4. The Bertz CT molecular complexity index is 882. The quantitative estimate of drug-likeness (QED) is 0.271. The van der Waals surface area contributed by atoms with Crippen molar-refractivity contribution in [1.82, 2.24) is 0 Å². The van der Waals surface area contributed by atoms with Crippen molar-refractivity contribution in [3.8, 4) is 5.75 Å². The number of carbonyl (C=O) groups is 2. The van der Waals surface area contributed by atoms with E-state index in [0.717, 1.165) is 25.7 Å². The van der Waals surface area contributed by atoms with Gasteiger partial charge in [0, 0.05) is 5.30 Å². The van der Waals surface area contributed by atoms with Crippen molar-refractivity contribution < 1.29 is 23.6 Å². The molecule has 0 heterocycles. The lowest BCUT2D eigenvalue weighted by molar-refractivity contribution is -0.140. The van der Waals surface area contributed by atoms with Crippen LogP contribution in [-0.2, 0) is 14.1 Å². The summed E-state index contributed by atoms with van der Waals surface area (Å²) in [5, 5.41) is 0.411. The van der Waals surface area contributed by atoms with Crippen LogP contribution in [0.5, 0.6) is 5.75 Å². The van der Waals surface area contributed by atoms with Gasteiger partial charge in [-0.05, 0) is 18.6 Å². The minimum atomic E-state index is -3.85. The average Bonchev–Trinajstić information content (AvgIpc) is 2.73. The van der Waals surface area contributed by atoms with E-state index in [-0.39, 0.29) is 28.2 Å². The molecule has 0 aliphatic rings. The van der Waals surface area contributed by atoms with E-state index in [1.54, 1.807) is 42.5 Å². The first-order chi connectivity index (χ1) is 13.9. The van der Waals surface area contributed by atoms with Crippen molar-refractivity contribution in [2.24, 2.45) is 0 Å². The van der Waals surface area contributed by atoms with Gasteiger partial charge in [0.15, 0.2) is 7.14 Å². The monoisotopic (exact) mass is 436 g/mol. The largest absolute Gasteiger partial charge is 0.496 e. The number of rotatable bonds is 11. The fraction of sp³-hybridized carbons (Fsp3) is 0.364. The maximum atomic E-state index is 13.9. The molecular formula is C22H26ClO5P. The van der Waals surface area contributed by atoms with Gasteiger partial charge >= 0.3 is 5.97 Å². The lowest BCUT2D eigenvalue weighted by atomic mass is 10.2. The number of hydrogen-bond acceptors (Lipinski definition) is 5. The minimum absolute atomic E-state index is 0.0135. The summed E-state index contributed by atoms with van der Waals surface area (Å²) in [7, 11) is -2.44. The molecule has 156 valence electrons. The van der Waals surface area contributed by atoms with E-state index in [1.165, 1.54) is 13.2 Å². The van der Waals surface area contributed by atoms with E-state index in [2.05, 4.69) is 6.92 Å². The summed E-state index contributed by atoms with van der Waals surface area (Å²) in [5.41, 5.74) is -0.700. The van der Waals surface area contributed by atoms with Crippen LogP contribution in [0.2, 0.25) is 5.02 Å². The Kier molecular flexibility index (Phi) is 8.94. The fourth-order valence-electron chi connectivity index (χ4n) is 2.95. The van der Waals surface area contributed by atoms with Crippen molar-refractivity contribution in [2.75, 3.05) is 19.9 Å². The standard InChI is InChI=1S/C22H26ClO5P/c1-3-4-5-9-15-28-20(24)16-29(26,17-11-7-6-8-12-17)22(25)21-18(23)13-10-14-19(21)27-2/h6-8,10-14H,3-5,9,15-16H2,1-2H3. The number of benzene rings is 2.